The van der Waals surface area contributed by atoms with E-state index in [1.807, 2.05) is 0 Å². The van der Waals surface area contributed by atoms with Crippen LogP contribution in [0.3, 0.4) is 0 Å². The van der Waals surface area contributed by atoms with Crippen molar-refractivity contribution in [1.82, 2.24) is 5.32 Å². The molecule has 0 aromatic heterocycles. The fourth-order valence-electron chi connectivity index (χ4n) is 4.80. The second kappa shape index (κ2) is 34.1. The zero-order chi connectivity index (χ0) is 34.7. The highest BCUT2D eigenvalue weighted by Crippen LogP contribution is 2.42. The molecule has 1 amide bonds. The summed E-state index contributed by atoms with van der Waals surface area (Å²) in [5.74, 6) is -0.531. The van der Waals surface area contributed by atoms with Gasteiger partial charge in [0.15, 0.2) is 0 Å². The molecule has 3 N–H and O–H groups in total. The average molecular weight is 686 g/mol. The third-order valence-corrected chi connectivity index (χ3v) is 8.57. The van der Waals surface area contributed by atoms with Crippen molar-refractivity contribution in [3.05, 3.63) is 36.5 Å². The molecule has 0 heterocycles. The number of carbonyl (C=O) groups excluding carboxylic acids is 2. The molecule has 0 radical (unpaired) electrons. The first-order valence-corrected chi connectivity index (χ1v) is 20.0. The molecule has 274 valence electrons. The number of amides is 1. The van der Waals surface area contributed by atoms with Crippen molar-refractivity contribution >= 4 is 19.7 Å². The van der Waals surface area contributed by atoms with E-state index in [0.717, 1.165) is 64.2 Å². The molecule has 0 saturated carbocycles. The summed E-state index contributed by atoms with van der Waals surface area (Å²) < 4.78 is 26.7. The van der Waals surface area contributed by atoms with Gasteiger partial charge in [0.1, 0.15) is 12.7 Å². The highest BCUT2D eigenvalue weighted by atomic mass is 31.2. The van der Waals surface area contributed by atoms with E-state index in [4.69, 9.17) is 13.8 Å². The number of esters is 1. The van der Waals surface area contributed by atoms with Gasteiger partial charge in [-0.05, 0) is 44.9 Å². The lowest BCUT2D eigenvalue weighted by Gasteiger charge is -2.15. The van der Waals surface area contributed by atoms with E-state index in [1.54, 1.807) is 0 Å². The lowest BCUT2D eigenvalue weighted by molar-refractivity contribution is -0.147. The van der Waals surface area contributed by atoms with Crippen LogP contribution in [0.5, 0.6) is 0 Å². The number of phosphoric acid groups is 1. The number of aliphatic hydroxyl groups is 1. The van der Waals surface area contributed by atoms with E-state index in [-0.39, 0.29) is 32.1 Å². The van der Waals surface area contributed by atoms with Crippen molar-refractivity contribution in [3.8, 4) is 0 Å². The molecular formula is C37H68NO8P. The minimum atomic E-state index is -4.41. The predicted molar refractivity (Wildman–Crippen MR) is 192 cm³/mol. The van der Waals surface area contributed by atoms with Crippen molar-refractivity contribution in [2.45, 2.75) is 161 Å². The van der Waals surface area contributed by atoms with E-state index in [1.165, 1.54) is 64.2 Å². The molecule has 0 aromatic carbocycles. The summed E-state index contributed by atoms with van der Waals surface area (Å²) in [5, 5.41) is 12.6. The summed E-state index contributed by atoms with van der Waals surface area (Å²) in [4.78, 5) is 33.7. The monoisotopic (exact) mass is 685 g/mol. The maximum atomic E-state index is 12.0. The average Bonchev–Trinajstić information content (AvgIpc) is 3.05. The zero-order valence-corrected chi connectivity index (χ0v) is 30.6. The Labute approximate surface area is 286 Å². The number of unbranched alkanes of at least 4 members (excludes halogenated alkanes) is 15. The van der Waals surface area contributed by atoms with Gasteiger partial charge in [-0.1, -0.05) is 134 Å². The molecule has 9 nitrogen and oxygen atoms in total. The number of phosphoric ester groups is 1. The minimum Gasteiger partial charge on any atom is -0.463 e. The Morgan fingerprint density at radius 3 is 1.83 bits per heavy atom. The van der Waals surface area contributed by atoms with Gasteiger partial charge in [-0.25, -0.2) is 4.57 Å². The van der Waals surface area contributed by atoms with Crippen LogP contribution in [0, 0.1) is 0 Å². The van der Waals surface area contributed by atoms with Crippen LogP contribution in [-0.4, -0.2) is 54.3 Å². The SMILES string of the molecule is CC/C=C\C/C=C\C/C=C\CCCCCCCCCC(=O)NCCOP(=O)(O)OCC(O)COC(=O)CCCCCCCCCCC. The van der Waals surface area contributed by atoms with Gasteiger partial charge in [-0.2, -0.15) is 0 Å². The van der Waals surface area contributed by atoms with Crippen LogP contribution in [0.2, 0.25) is 0 Å². The van der Waals surface area contributed by atoms with Crippen molar-refractivity contribution in [3.63, 3.8) is 0 Å². The fourth-order valence-corrected chi connectivity index (χ4v) is 5.56. The molecule has 2 unspecified atom stereocenters. The number of allylic oxidation sites excluding steroid dienone is 6. The summed E-state index contributed by atoms with van der Waals surface area (Å²) >= 11 is 0. The summed E-state index contributed by atoms with van der Waals surface area (Å²) in [6.07, 6.45) is 35.1. The quantitative estimate of drug-likeness (QED) is 0.0264. The van der Waals surface area contributed by atoms with E-state index < -0.39 is 26.5 Å². The van der Waals surface area contributed by atoms with Crippen LogP contribution in [0.4, 0.5) is 0 Å². The molecule has 2 atom stereocenters. The van der Waals surface area contributed by atoms with E-state index in [2.05, 4.69) is 55.6 Å². The number of hydrogen-bond donors (Lipinski definition) is 3. The van der Waals surface area contributed by atoms with Gasteiger partial charge in [0, 0.05) is 19.4 Å². The highest BCUT2D eigenvalue weighted by molar-refractivity contribution is 7.47. The molecule has 0 aromatic rings. The summed E-state index contributed by atoms with van der Waals surface area (Å²) in [5.41, 5.74) is 0. The van der Waals surface area contributed by atoms with Crippen LogP contribution in [0.25, 0.3) is 0 Å². The Morgan fingerprint density at radius 2 is 1.21 bits per heavy atom. The van der Waals surface area contributed by atoms with Crippen molar-refractivity contribution in [2.24, 2.45) is 0 Å². The van der Waals surface area contributed by atoms with Gasteiger partial charge >= 0.3 is 13.8 Å². The van der Waals surface area contributed by atoms with Gasteiger partial charge in [0.2, 0.25) is 5.91 Å². The summed E-state index contributed by atoms with van der Waals surface area (Å²) in [7, 11) is -4.41. The molecule has 0 aliphatic carbocycles. The molecule has 10 heteroatoms. The van der Waals surface area contributed by atoms with Crippen LogP contribution < -0.4 is 5.32 Å². The van der Waals surface area contributed by atoms with E-state index >= 15 is 0 Å². The first-order valence-electron chi connectivity index (χ1n) is 18.5. The normalized spacial score (nSPS) is 13.9. The van der Waals surface area contributed by atoms with Gasteiger partial charge < -0.3 is 20.1 Å². The minimum absolute atomic E-state index is 0.0762. The van der Waals surface area contributed by atoms with Crippen molar-refractivity contribution in [1.29, 1.82) is 0 Å². The molecule has 0 rings (SSSR count). The van der Waals surface area contributed by atoms with Crippen LogP contribution in [0.15, 0.2) is 36.5 Å². The Kier molecular flexibility index (Phi) is 32.8. The smallest absolute Gasteiger partial charge is 0.463 e. The molecule has 0 aliphatic rings. The molecule has 47 heavy (non-hydrogen) atoms. The number of carbonyl (C=O) groups is 2. The Bertz CT molecular complexity index is 876. The molecule has 0 spiro atoms. The van der Waals surface area contributed by atoms with Gasteiger partial charge in [-0.3, -0.25) is 18.6 Å². The number of rotatable bonds is 34. The van der Waals surface area contributed by atoms with Crippen LogP contribution in [0.1, 0.15) is 155 Å². The van der Waals surface area contributed by atoms with Gasteiger partial charge in [0.25, 0.3) is 0 Å². The molecule has 0 bridgehead atoms. The van der Waals surface area contributed by atoms with Crippen LogP contribution >= 0.6 is 7.82 Å². The van der Waals surface area contributed by atoms with Gasteiger partial charge in [-0.15, -0.1) is 0 Å². The van der Waals surface area contributed by atoms with Gasteiger partial charge in [0.05, 0.1) is 13.2 Å². The Hall–Kier alpha value is -1.77. The predicted octanol–water partition coefficient (Wildman–Crippen LogP) is 9.43. The number of aliphatic hydroxyl groups excluding tert-OH is 1. The Morgan fingerprint density at radius 1 is 0.681 bits per heavy atom. The third kappa shape index (κ3) is 35.4. The topological polar surface area (TPSA) is 131 Å². The molecule has 0 saturated heterocycles. The summed E-state index contributed by atoms with van der Waals surface area (Å²) in [6.45, 7) is 3.39. The van der Waals surface area contributed by atoms with Crippen molar-refractivity contribution in [2.75, 3.05) is 26.4 Å². The maximum absolute atomic E-state index is 12.0. The standard InChI is InChI=1S/C37H68NO8P/c1-3-5-7-9-11-13-14-15-16-17-18-19-20-22-23-25-27-29-36(40)38-31-32-45-47(42,43)46-34-35(39)33-44-37(41)30-28-26-24-21-12-10-8-6-4-2/h5,7,11,13,15-16,35,39H,3-4,6,8-10,12,14,17-34H2,1-2H3,(H,38,40)(H,42,43)/b7-5-,13-11-,16-15-. The number of ether oxygens (including phenoxy) is 1. The fraction of sp³-hybridized carbons (Fsp3) is 0.784. The molecule has 0 aliphatic heterocycles. The zero-order valence-electron chi connectivity index (χ0n) is 29.7. The molecule has 0 fully saturated rings. The lowest BCUT2D eigenvalue weighted by atomic mass is 10.1. The third-order valence-electron chi connectivity index (χ3n) is 7.58. The highest BCUT2D eigenvalue weighted by Gasteiger charge is 2.23. The Balaban J connectivity index is 3.63. The lowest BCUT2D eigenvalue weighted by Crippen LogP contribution is -2.27. The first-order chi connectivity index (χ1) is 22.8. The van der Waals surface area contributed by atoms with E-state index in [0.29, 0.717) is 6.42 Å². The van der Waals surface area contributed by atoms with Crippen LogP contribution in [-0.2, 0) is 27.9 Å². The van der Waals surface area contributed by atoms with E-state index in [9.17, 15) is 24.2 Å². The number of nitrogens with one attached hydrogen (secondary N) is 1. The maximum Gasteiger partial charge on any atom is 0.472 e. The second-order valence-corrected chi connectivity index (χ2v) is 13.6. The molecular weight excluding hydrogens is 617 g/mol. The first kappa shape index (κ1) is 45.2. The summed E-state index contributed by atoms with van der Waals surface area (Å²) in [6, 6.07) is 0. The second-order valence-electron chi connectivity index (χ2n) is 12.2. The largest absolute Gasteiger partial charge is 0.472 e. The number of hydrogen-bond acceptors (Lipinski definition) is 7. The van der Waals surface area contributed by atoms with Crippen molar-refractivity contribution < 1.29 is 37.9 Å².